The number of fused-ring (bicyclic) bond motifs is 3. The van der Waals surface area contributed by atoms with E-state index in [4.69, 9.17) is 16.5 Å². The molecule has 176 valence electrons. The second kappa shape index (κ2) is 7.68. The van der Waals surface area contributed by atoms with Gasteiger partial charge in [-0.2, -0.15) is 14.7 Å². The summed E-state index contributed by atoms with van der Waals surface area (Å²) < 4.78 is 2.29. The van der Waals surface area contributed by atoms with Crippen LogP contribution in [0.5, 0.6) is 0 Å². The Morgan fingerprint density at radius 3 is 2.76 bits per heavy atom. The number of hydrazone groups is 1. The van der Waals surface area contributed by atoms with E-state index < -0.39 is 11.3 Å². The van der Waals surface area contributed by atoms with Crippen LogP contribution in [0.4, 0.5) is 5.82 Å². The number of nitrogens with one attached hydrogen (secondary N) is 2. The van der Waals surface area contributed by atoms with Crippen molar-refractivity contribution in [2.45, 2.75) is 56.0 Å². The Hall–Kier alpha value is -3.16. The van der Waals surface area contributed by atoms with Crippen molar-refractivity contribution in [3.63, 3.8) is 0 Å². The van der Waals surface area contributed by atoms with Gasteiger partial charge in [0.1, 0.15) is 18.0 Å². The van der Waals surface area contributed by atoms with Gasteiger partial charge in [0.25, 0.3) is 0 Å². The molecular formula is C21H24BrN11O. The number of rotatable bonds is 5. The van der Waals surface area contributed by atoms with E-state index in [0.29, 0.717) is 21.8 Å². The summed E-state index contributed by atoms with van der Waals surface area (Å²) in [7, 11) is 0. The average molecular weight is 526 g/mol. The average Bonchev–Trinajstić information content (AvgIpc) is 3.57. The quantitative estimate of drug-likeness (QED) is 0.350. The number of piperidine rings is 1. The Labute approximate surface area is 203 Å². The summed E-state index contributed by atoms with van der Waals surface area (Å²) in [4.78, 5) is 28.4. The summed E-state index contributed by atoms with van der Waals surface area (Å²) in [6.07, 6.45) is 12.2. The topological polar surface area (TPSA) is 165 Å². The highest BCUT2D eigenvalue weighted by molar-refractivity contribution is 9.10. The number of hydrogen-bond acceptors (Lipinski definition) is 11. The van der Waals surface area contributed by atoms with Gasteiger partial charge in [-0.1, -0.05) is 0 Å². The number of aldehydes is 1. The van der Waals surface area contributed by atoms with E-state index in [1.54, 1.807) is 23.1 Å². The number of hydrogen-bond donors (Lipinski definition) is 4. The fourth-order valence-electron chi connectivity index (χ4n) is 5.77. The van der Waals surface area contributed by atoms with E-state index in [1.165, 1.54) is 6.34 Å². The second-order valence-corrected chi connectivity index (χ2v) is 9.72. The van der Waals surface area contributed by atoms with Gasteiger partial charge in [-0.05, 0) is 48.0 Å². The molecule has 3 aliphatic rings. The van der Waals surface area contributed by atoms with Crippen LogP contribution in [0.25, 0.3) is 16.8 Å². The number of nitrogens with zero attached hydrogens (tertiary/aromatic N) is 7. The lowest BCUT2D eigenvalue weighted by Crippen LogP contribution is -2.71. The Balaban J connectivity index is 1.54. The molecule has 0 amide bonds. The van der Waals surface area contributed by atoms with E-state index in [1.807, 2.05) is 0 Å². The Morgan fingerprint density at radius 2 is 2.06 bits per heavy atom. The van der Waals surface area contributed by atoms with E-state index in [2.05, 4.69) is 51.7 Å². The third kappa shape index (κ3) is 2.83. The molecule has 0 radical (unpaired) electrons. The van der Waals surface area contributed by atoms with E-state index in [-0.39, 0.29) is 12.6 Å². The fourth-order valence-corrected chi connectivity index (χ4v) is 6.40. The van der Waals surface area contributed by atoms with Crippen LogP contribution in [0, 0.1) is 0 Å². The standard InChI is InChI=1S/C21H24BrN11O/c22-16-17(20-4-1-2-13(3-5-20)33(20)21(10-34)27-11-28-31-21)30-19-14(9-29-32(19)18(16)24)12-7-25-15(6-23)26-8-12/h7-11,13,31H,1-6,23-24H2,(H,27,28)/t13-,20+,21+/m0/s1. The van der Waals surface area contributed by atoms with Crippen LogP contribution in [-0.2, 0) is 16.9 Å². The largest absolute Gasteiger partial charge is 0.383 e. The van der Waals surface area contributed by atoms with Crippen LogP contribution in [0.3, 0.4) is 0 Å². The molecule has 0 unspecified atom stereocenters. The first-order valence-corrected chi connectivity index (χ1v) is 12.0. The molecule has 12 nitrogen and oxygen atoms in total. The number of nitrogen functional groups attached to an aromatic ring is 1. The van der Waals surface area contributed by atoms with Crippen molar-refractivity contribution in [2.24, 2.45) is 10.8 Å². The van der Waals surface area contributed by atoms with Crippen molar-refractivity contribution in [1.29, 1.82) is 0 Å². The molecular weight excluding hydrogens is 502 g/mol. The third-order valence-electron chi connectivity index (χ3n) is 7.24. The lowest BCUT2D eigenvalue weighted by Gasteiger charge is -2.51. The number of nitrogens with two attached hydrogens (primary N) is 2. The first-order chi connectivity index (χ1) is 16.5. The highest BCUT2D eigenvalue weighted by atomic mass is 79.9. The summed E-state index contributed by atoms with van der Waals surface area (Å²) in [5, 5.41) is 11.7. The predicted molar refractivity (Wildman–Crippen MR) is 128 cm³/mol. The molecule has 3 aromatic heterocycles. The zero-order chi connectivity index (χ0) is 23.5. The molecule has 13 heteroatoms. The molecule has 3 aliphatic heterocycles. The third-order valence-corrected chi connectivity index (χ3v) is 8.02. The van der Waals surface area contributed by atoms with E-state index in [0.717, 1.165) is 55.2 Å². The number of halogens is 1. The number of anilines is 1. The number of carbonyl (C=O) groups is 1. The van der Waals surface area contributed by atoms with Crippen LogP contribution >= 0.6 is 15.9 Å². The molecule has 0 spiro atoms. The number of aromatic nitrogens is 5. The molecule has 2 bridgehead atoms. The van der Waals surface area contributed by atoms with Gasteiger partial charge in [-0.25, -0.2) is 19.9 Å². The lowest BCUT2D eigenvalue weighted by atomic mass is 9.83. The van der Waals surface area contributed by atoms with Crippen LogP contribution in [-0.4, -0.2) is 53.9 Å². The molecule has 6 N–H and O–H groups in total. The SMILES string of the molecule is NCc1ncc(-c2cnn3c(N)c(Br)c([C@@]45CCC[C@@H](CC4)N5[C@]4(C=O)NC=NN4)nc23)cn1. The van der Waals surface area contributed by atoms with E-state index >= 15 is 0 Å². The van der Waals surface area contributed by atoms with Crippen LogP contribution < -0.4 is 22.2 Å². The molecule has 2 fully saturated rings. The maximum atomic E-state index is 12.4. The van der Waals surface area contributed by atoms with Gasteiger partial charge in [0.05, 0.1) is 28.4 Å². The van der Waals surface area contributed by atoms with Gasteiger partial charge in [-0.15, -0.1) is 0 Å². The minimum Gasteiger partial charge on any atom is -0.383 e. The van der Waals surface area contributed by atoms with Gasteiger partial charge < -0.3 is 16.8 Å². The molecule has 6 rings (SSSR count). The first kappa shape index (κ1) is 21.4. The lowest BCUT2D eigenvalue weighted by molar-refractivity contribution is -0.133. The first-order valence-electron chi connectivity index (χ1n) is 11.2. The highest BCUT2D eigenvalue weighted by Crippen LogP contribution is 2.54. The predicted octanol–water partition coefficient (Wildman–Crippen LogP) is 0.822. The van der Waals surface area contributed by atoms with Crippen LogP contribution in [0.1, 0.15) is 43.6 Å². The molecule has 0 saturated carbocycles. The second-order valence-electron chi connectivity index (χ2n) is 8.93. The molecule has 3 aromatic rings. The highest BCUT2D eigenvalue weighted by Gasteiger charge is 2.60. The maximum Gasteiger partial charge on any atom is 0.241 e. The summed E-state index contributed by atoms with van der Waals surface area (Å²) >= 11 is 3.72. The zero-order valence-corrected chi connectivity index (χ0v) is 19.9. The maximum absolute atomic E-state index is 12.4. The molecule has 0 aliphatic carbocycles. The molecule has 34 heavy (non-hydrogen) atoms. The molecule has 6 heterocycles. The van der Waals surface area contributed by atoms with Crippen molar-refractivity contribution in [3.8, 4) is 11.1 Å². The van der Waals surface area contributed by atoms with E-state index in [9.17, 15) is 4.79 Å². The van der Waals surface area contributed by atoms with Crippen LogP contribution in [0.2, 0.25) is 0 Å². The van der Waals surface area contributed by atoms with Crippen molar-refractivity contribution >= 4 is 40.0 Å². The number of carbonyl (C=O) groups excluding carboxylic acids is 1. The zero-order valence-electron chi connectivity index (χ0n) is 18.3. The monoisotopic (exact) mass is 525 g/mol. The minimum absolute atomic E-state index is 0.202. The van der Waals surface area contributed by atoms with Crippen molar-refractivity contribution in [3.05, 3.63) is 34.6 Å². The van der Waals surface area contributed by atoms with Gasteiger partial charge in [-0.3, -0.25) is 10.2 Å². The summed E-state index contributed by atoms with van der Waals surface area (Å²) in [5.41, 5.74) is 17.6. The van der Waals surface area contributed by atoms with Crippen molar-refractivity contribution in [2.75, 3.05) is 5.73 Å². The summed E-state index contributed by atoms with van der Waals surface area (Å²) in [6, 6.07) is 0.202. The molecule has 3 atom stereocenters. The normalized spacial score (nSPS) is 28.2. The smallest absolute Gasteiger partial charge is 0.241 e. The van der Waals surface area contributed by atoms with Gasteiger partial charge in [0.2, 0.25) is 5.79 Å². The van der Waals surface area contributed by atoms with Crippen molar-refractivity contribution < 1.29 is 4.79 Å². The Kier molecular flexibility index (Phi) is 4.83. The summed E-state index contributed by atoms with van der Waals surface area (Å²) in [6.45, 7) is 0.265. The van der Waals surface area contributed by atoms with Gasteiger partial charge in [0, 0.05) is 29.6 Å². The van der Waals surface area contributed by atoms with Gasteiger partial charge in [0.15, 0.2) is 11.9 Å². The molecule has 2 saturated heterocycles. The molecule has 0 aromatic carbocycles. The summed E-state index contributed by atoms with van der Waals surface area (Å²) in [5.74, 6) is -0.126. The Morgan fingerprint density at radius 1 is 1.24 bits per heavy atom. The van der Waals surface area contributed by atoms with Gasteiger partial charge >= 0.3 is 0 Å². The fraction of sp³-hybridized carbons (Fsp3) is 0.429. The minimum atomic E-state index is -1.13. The van der Waals surface area contributed by atoms with Crippen molar-refractivity contribution in [1.82, 2.24) is 40.2 Å². The van der Waals surface area contributed by atoms with Crippen LogP contribution in [0.15, 0.2) is 28.2 Å². The Bertz CT molecular complexity index is 1290.